The van der Waals surface area contributed by atoms with Crippen molar-refractivity contribution in [2.45, 2.75) is 39.5 Å². The molecular formula is C25H30N2O3. The Morgan fingerprint density at radius 1 is 0.967 bits per heavy atom. The van der Waals surface area contributed by atoms with Gasteiger partial charge in [0.15, 0.2) is 0 Å². The molecule has 0 spiro atoms. The van der Waals surface area contributed by atoms with Crippen LogP contribution in [0.15, 0.2) is 48.5 Å². The van der Waals surface area contributed by atoms with Gasteiger partial charge in [0.2, 0.25) is 0 Å². The number of amides is 1. The first-order valence-electron chi connectivity index (χ1n) is 10.3. The fourth-order valence-corrected chi connectivity index (χ4v) is 3.05. The van der Waals surface area contributed by atoms with Crippen molar-refractivity contribution in [2.24, 2.45) is 0 Å². The lowest BCUT2D eigenvalue weighted by Crippen LogP contribution is -2.35. The number of rotatable bonds is 4. The number of alkyl carbamates (subject to hydrolysis) is 1. The second-order valence-corrected chi connectivity index (χ2v) is 8.39. The number of carbonyl (C=O) groups excluding carboxylic acids is 1. The highest BCUT2D eigenvalue weighted by atomic mass is 16.6. The number of hydrogen-bond acceptors (Lipinski definition) is 4. The third-order valence-electron chi connectivity index (χ3n) is 4.60. The summed E-state index contributed by atoms with van der Waals surface area (Å²) in [5, 5.41) is 2.76. The Balaban J connectivity index is 1.50. The first-order chi connectivity index (χ1) is 14.4. The number of nitrogens with one attached hydrogen (secondary N) is 1. The molecule has 0 unspecified atom stereocenters. The van der Waals surface area contributed by atoms with E-state index in [9.17, 15) is 4.79 Å². The van der Waals surface area contributed by atoms with Crippen LogP contribution < -0.4 is 5.32 Å². The molecule has 1 saturated heterocycles. The van der Waals surface area contributed by atoms with Gasteiger partial charge in [-0.15, -0.1) is 0 Å². The largest absolute Gasteiger partial charge is 0.444 e. The van der Waals surface area contributed by atoms with Gasteiger partial charge < -0.3 is 14.8 Å². The second kappa shape index (κ2) is 10.3. The number of morpholine rings is 1. The molecule has 0 bridgehead atoms. The van der Waals surface area contributed by atoms with E-state index in [1.54, 1.807) is 0 Å². The van der Waals surface area contributed by atoms with Gasteiger partial charge in [-0.2, -0.15) is 0 Å². The minimum Gasteiger partial charge on any atom is -0.444 e. The van der Waals surface area contributed by atoms with E-state index < -0.39 is 11.7 Å². The summed E-state index contributed by atoms with van der Waals surface area (Å²) in [6.45, 7) is 10.5. The van der Waals surface area contributed by atoms with Crippen molar-refractivity contribution in [1.82, 2.24) is 10.2 Å². The molecule has 1 aliphatic rings. The highest BCUT2D eigenvalue weighted by molar-refractivity contribution is 5.67. The Morgan fingerprint density at radius 3 is 2.03 bits per heavy atom. The van der Waals surface area contributed by atoms with Gasteiger partial charge in [-0.3, -0.25) is 4.90 Å². The normalized spacial score (nSPS) is 14.5. The average molecular weight is 407 g/mol. The maximum atomic E-state index is 11.7. The third kappa shape index (κ3) is 7.55. The summed E-state index contributed by atoms with van der Waals surface area (Å²) in [5.41, 5.74) is 3.73. The van der Waals surface area contributed by atoms with E-state index in [0.29, 0.717) is 6.54 Å². The van der Waals surface area contributed by atoms with Crippen molar-refractivity contribution < 1.29 is 14.3 Å². The van der Waals surface area contributed by atoms with Crippen LogP contribution in [0.3, 0.4) is 0 Å². The van der Waals surface area contributed by atoms with Crippen molar-refractivity contribution in [1.29, 1.82) is 0 Å². The lowest BCUT2D eigenvalue weighted by Gasteiger charge is -2.26. The Kier molecular flexibility index (Phi) is 7.51. The Hall–Kier alpha value is -2.81. The van der Waals surface area contributed by atoms with Crippen LogP contribution in [0.2, 0.25) is 0 Å². The fraction of sp³-hybridized carbons (Fsp3) is 0.400. The lowest BCUT2D eigenvalue weighted by molar-refractivity contribution is 0.0342. The van der Waals surface area contributed by atoms with Gasteiger partial charge in [0.25, 0.3) is 0 Å². The molecule has 2 aromatic rings. The molecule has 1 fully saturated rings. The number of nitrogens with zero attached hydrogens (tertiary/aromatic N) is 1. The quantitative estimate of drug-likeness (QED) is 0.782. The zero-order chi connectivity index (χ0) is 21.4. The molecule has 5 nitrogen and oxygen atoms in total. The maximum absolute atomic E-state index is 11.7. The number of benzene rings is 2. The van der Waals surface area contributed by atoms with Crippen LogP contribution in [0.1, 0.15) is 43.0 Å². The van der Waals surface area contributed by atoms with Crippen LogP contribution in [0.4, 0.5) is 4.79 Å². The van der Waals surface area contributed by atoms with E-state index in [0.717, 1.165) is 49.5 Å². The molecule has 1 heterocycles. The number of ether oxygens (including phenoxy) is 2. The summed E-state index contributed by atoms with van der Waals surface area (Å²) in [6.07, 6.45) is -0.413. The highest BCUT2D eigenvalue weighted by Crippen LogP contribution is 2.10. The van der Waals surface area contributed by atoms with Crippen LogP contribution in [0.25, 0.3) is 0 Å². The minimum absolute atomic E-state index is 0.413. The van der Waals surface area contributed by atoms with E-state index in [1.165, 1.54) is 5.56 Å². The molecule has 0 aliphatic carbocycles. The summed E-state index contributed by atoms with van der Waals surface area (Å²) >= 11 is 0. The molecule has 30 heavy (non-hydrogen) atoms. The zero-order valence-corrected chi connectivity index (χ0v) is 18.0. The van der Waals surface area contributed by atoms with Crippen molar-refractivity contribution in [2.75, 3.05) is 26.3 Å². The third-order valence-corrected chi connectivity index (χ3v) is 4.60. The molecule has 0 saturated carbocycles. The molecule has 1 amide bonds. The van der Waals surface area contributed by atoms with Crippen molar-refractivity contribution >= 4 is 6.09 Å². The van der Waals surface area contributed by atoms with Crippen molar-refractivity contribution in [3.63, 3.8) is 0 Å². The smallest absolute Gasteiger partial charge is 0.407 e. The Labute approximate surface area is 179 Å². The molecule has 1 N–H and O–H groups in total. The number of hydrogen-bond donors (Lipinski definition) is 1. The molecule has 5 heteroatoms. The van der Waals surface area contributed by atoms with Crippen LogP contribution in [0.5, 0.6) is 0 Å². The van der Waals surface area contributed by atoms with E-state index in [2.05, 4.69) is 46.3 Å². The number of carbonyl (C=O) groups is 1. The summed E-state index contributed by atoms with van der Waals surface area (Å²) in [7, 11) is 0. The molecule has 1 aliphatic heterocycles. The molecule has 3 rings (SSSR count). The zero-order valence-electron chi connectivity index (χ0n) is 18.0. The predicted octanol–water partition coefficient (Wildman–Crippen LogP) is 3.94. The van der Waals surface area contributed by atoms with Crippen LogP contribution in [-0.4, -0.2) is 42.9 Å². The van der Waals surface area contributed by atoms with Gasteiger partial charge in [-0.1, -0.05) is 36.1 Å². The van der Waals surface area contributed by atoms with Gasteiger partial charge in [-0.25, -0.2) is 4.79 Å². The Bertz CT molecular complexity index is 881. The highest BCUT2D eigenvalue weighted by Gasteiger charge is 2.15. The first kappa shape index (κ1) is 21.9. The molecule has 2 aromatic carbocycles. The first-order valence-corrected chi connectivity index (χ1v) is 10.3. The summed E-state index contributed by atoms with van der Waals surface area (Å²) in [4.78, 5) is 14.1. The SMILES string of the molecule is CC(C)(C)OC(=O)NCc1ccc(C#Cc2ccc(CN3CCOCC3)cc2)cc1. The van der Waals surface area contributed by atoms with Gasteiger partial charge in [-0.05, 0) is 56.2 Å². The molecule has 0 aromatic heterocycles. The molecule has 158 valence electrons. The average Bonchev–Trinajstić information content (AvgIpc) is 2.72. The predicted molar refractivity (Wildman–Crippen MR) is 118 cm³/mol. The fourth-order valence-electron chi connectivity index (χ4n) is 3.05. The molecule has 0 radical (unpaired) electrons. The van der Waals surface area contributed by atoms with Gasteiger partial charge >= 0.3 is 6.09 Å². The monoisotopic (exact) mass is 406 g/mol. The van der Waals surface area contributed by atoms with Crippen molar-refractivity contribution in [3.8, 4) is 11.8 Å². The lowest BCUT2D eigenvalue weighted by atomic mass is 10.1. The molecule has 0 atom stereocenters. The van der Waals surface area contributed by atoms with E-state index in [-0.39, 0.29) is 0 Å². The Morgan fingerprint density at radius 2 is 1.50 bits per heavy atom. The second-order valence-electron chi connectivity index (χ2n) is 8.39. The van der Waals surface area contributed by atoms with Crippen LogP contribution in [-0.2, 0) is 22.6 Å². The van der Waals surface area contributed by atoms with E-state index >= 15 is 0 Å². The molecular weight excluding hydrogens is 376 g/mol. The van der Waals surface area contributed by atoms with Gasteiger partial charge in [0, 0.05) is 37.3 Å². The van der Waals surface area contributed by atoms with Gasteiger partial charge in [0.05, 0.1) is 13.2 Å². The van der Waals surface area contributed by atoms with Gasteiger partial charge in [0.1, 0.15) is 5.60 Å². The summed E-state index contributed by atoms with van der Waals surface area (Å²) < 4.78 is 10.6. The van der Waals surface area contributed by atoms with Crippen LogP contribution >= 0.6 is 0 Å². The summed E-state index contributed by atoms with van der Waals surface area (Å²) in [6, 6.07) is 16.3. The maximum Gasteiger partial charge on any atom is 0.407 e. The van der Waals surface area contributed by atoms with E-state index in [1.807, 2.05) is 45.0 Å². The van der Waals surface area contributed by atoms with Crippen molar-refractivity contribution in [3.05, 3.63) is 70.8 Å². The van der Waals surface area contributed by atoms with E-state index in [4.69, 9.17) is 9.47 Å². The summed E-state index contributed by atoms with van der Waals surface area (Å²) in [5.74, 6) is 6.41. The minimum atomic E-state index is -0.496. The topological polar surface area (TPSA) is 50.8 Å². The standard InChI is InChI=1S/C25H30N2O3/c1-25(2,3)30-24(28)26-18-22-10-6-20(7-11-22)4-5-21-8-12-23(13-9-21)19-27-14-16-29-17-15-27/h6-13H,14-19H2,1-3H3,(H,26,28). The van der Waals surface area contributed by atoms with Crippen LogP contribution in [0, 0.1) is 11.8 Å².